The third kappa shape index (κ3) is 2.99. The molecule has 3 heterocycles. The van der Waals surface area contributed by atoms with Crippen molar-refractivity contribution in [1.82, 2.24) is 20.0 Å². The minimum absolute atomic E-state index is 0.00943. The topological polar surface area (TPSA) is 58.4 Å². The van der Waals surface area contributed by atoms with Crippen molar-refractivity contribution in [2.75, 3.05) is 13.1 Å². The molecule has 3 rings (SSSR count). The van der Waals surface area contributed by atoms with Crippen molar-refractivity contribution >= 4 is 11.6 Å². The standard InChI is InChI=1S/C15H20N4O/c20-15(13-5-1-3-8-16-13)17-9-7-12-11-19-10-4-2-6-14(19)18-12/h2,4,6,10-11,13,16H,1,3,5,7-9H2,(H,17,20). The van der Waals surface area contributed by atoms with Crippen molar-refractivity contribution in [2.45, 2.75) is 31.7 Å². The quantitative estimate of drug-likeness (QED) is 0.877. The van der Waals surface area contributed by atoms with Crippen LogP contribution < -0.4 is 10.6 Å². The molecule has 1 fully saturated rings. The first-order valence-corrected chi connectivity index (χ1v) is 7.26. The summed E-state index contributed by atoms with van der Waals surface area (Å²) >= 11 is 0. The van der Waals surface area contributed by atoms with Gasteiger partial charge in [-0.15, -0.1) is 0 Å². The van der Waals surface area contributed by atoms with Gasteiger partial charge in [-0.3, -0.25) is 4.79 Å². The van der Waals surface area contributed by atoms with Gasteiger partial charge in [0.25, 0.3) is 0 Å². The van der Waals surface area contributed by atoms with Crippen LogP contribution >= 0.6 is 0 Å². The molecule has 0 spiro atoms. The van der Waals surface area contributed by atoms with Crippen LogP contribution in [0.25, 0.3) is 5.65 Å². The Balaban J connectivity index is 1.50. The molecule has 0 bridgehead atoms. The van der Waals surface area contributed by atoms with Crippen LogP contribution in [0.15, 0.2) is 30.6 Å². The van der Waals surface area contributed by atoms with Crippen molar-refractivity contribution in [1.29, 1.82) is 0 Å². The monoisotopic (exact) mass is 272 g/mol. The van der Waals surface area contributed by atoms with Gasteiger partial charge in [0.05, 0.1) is 11.7 Å². The lowest BCUT2D eigenvalue weighted by molar-refractivity contribution is -0.123. The Labute approximate surface area is 118 Å². The molecule has 0 aromatic carbocycles. The number of pyridine rings is 1. The van der Waals surface area contributed by atoms with Crippen LogP contribution in [0.3, 0.4) is 0 Å². The van der Waals surface area contributed by atoms with Crippen LogP contribution in [-0.2, 0) is 11.2 Å². The van der Waals surface area contributed by atoms with E-state index in [0.717, 1.165) is 37.1 Å². The van der Waals surface area contributed by atoms with Crippen molar-refractivity contribution in [3.8, 4) is 0 Å². The van der Waals surface area contributed by atoms with E-state index in [0.29, 0.717) is 6.54 Å². The highest BCUT2D eigenvalue weighted by molar-refractivity contribution is 5.81. The number of piperidine rings is 1. The predicted octanol–water partition coefficient (Wildman–Crippen LogP) is 1.14. The lowest BCUT2D eigenvalue weighted by Crippen LogP contribution is -2.47. The van der Waals surface area contributed by atoms with Crippen molar-refractivity contribution in [3.63, 3.8) is 0 Å². The second kappa shape index (κ2) is 6.05. The highest BCUT2D eigenvalue weighted by Crippen LogP contribution is 2.07. The number of nitrogens with zero attached hydrogens (tertiary/aromatic N) is 2. The number of fused-ring (bicyclic) bond motifs is 1. The largest absolute Gasteiger partial charge is 0.354 e. The highest BCUT2D eigenvalue weighted by atomic mass is 16.2. The number of amides is 1. The summed E-state index contributed by atoms with van der Waals surface area (Å²) in [4.78, 5) is 16.5. The van der Waals surface area contributed by atoms with Crippen LogP contribution in [0.2, 0.25) is 0 Å². The number of carbonyl (C=O) groups excluding carboxylic acids is 1. The number of nitrogens with one attached hydrogen (secondary N) is 2. The molecule has 1 amide bonds. The van der Waals surface area contributed by atoms with E-state index in [4.69, 9.17) is 0 Å². The second-order valence-corrected chi connectivity index (χ2v) is 5.24. The first kappa shape index (κ1) is 13.1. The number of imidazole rings is 1. The Kier molecular flexibility index (Phi) is 3.97. The molecule has 1 unspecified atom stereocenters. The molecule has 0 aliphatic carbocycles. The first-order chi connectivity index (χ1) is 9.83. The summed E-state index contributed by atoms with van der Waals surface area (Å²) in [6, 6.07) is 5.93. The molecule has 1 atom stereocenters. The fourth-order valence-corrected chi connectivity index (χ4v) is 2.62. The molecule has 1 aliphatic rings. The SMILES string of the molecule is O=C(NCCc1cn2ccccc2n1)C1CCCCN1. The minimum atomic E-state index is -0.00943. The average molecular weight is 272 g/mol. The molecule has 106 valence electrons. The molecule has 5 nitrogen and oxygen atoms in total. The van der Waals surface area contributed by atoms with Gasteiger partial charge in [0, 0.05) is 25.4 Å². The van der Waals surface area contributed by atoms with Crippen LogP contribution in [-0.4, -0.2) is 34.4 Å². The van der Waals surface area contributed by atoms with Gasteiger partial charge in [0.15, 0.2) is 0 Å². The van der Waals surface area contributed by atoms with E-state index in [1.54, 1.807) is 0 Å². The minimum Gasteiger partial charge on any atom is -0.354 e. The van der Waals surface area contributed by atoms with E-state index in [9.17, 15) is 4.79 Å². The predicted molar refractivity (Wildman–Crippen MR) is 77.5 cm³/mol. The van der Waals surface area contributed by atoms with Gasteiger partial charge in [-0.2, -0.15) is 0 Å². The molecule has 2 aromatic rings. The third-order valence-corrected chi connectivity index (χ3v) is 3.72. The summed E-state index contributed by atoms with van der Waals surface area (Å²) < 4.78 is 2.00. The molecular formula is C15H20N4O. The summed E-state index contributed by atoms with van der Waals surface area (Å²) in [7, 11) is 0. The molecule has 5 heteroatoms. The number of rotatable bonds is 4. The van der Waals surface area contributed by atoms with Crippen LogP contribution in [0.4, 0.5) is 0 Å². The molecule has 1 aliphatic heterocycles. The maximum atomic E-state index is 12.0. The smallest absolute Gasteiger partial charge is 0.237 e. The zero-order chi connectivity index (χ0) is 13.8. The second-order valence-electron chi connectivity index (χ2n) is 5.24. The third-order valence-electron chi connectivity index (χ3n) is 3.72. The highest BCUT2D eigenvalue weighted by Gasteiger charge is 2.19. The lowest BCUT2D eigenvalue weighted by atomic mass is 10.0. The van der Waals surface area contributed by atoms with Crippen molar-refractivity contribution in [2.24, 2.45) is 0 Å². The summed E-state index contributed by atoms with van der Waals surface area (Å²) in [6.45, 7) is 1.59. The molecule has 2 aromatic heterocycles. The van der Waals surface area contributed by atoms with Crippen LogP contribution in [0, 0.1) is 0 Å². The van der Waals surface area contributed by atoms with Gasteiger partial charge in [-0.25, -0.2) is 4.98 Å². The Morgan fingerprint density at radius 1 is 1.45 bits per heavy atom. The molecule has 20 heavy (non-hydrogen) atoms. The molecular weight excluding hydrogens is 252 g/mol. The van der Waals surface area contributed by atoms with Gasteiger partial charge in [-0.1, -0.05) is 12.5 Å². The summed E-state index contributed by atoms with van der Waals surface area (Å²) in [5.41, 5.74) is 1.95. The van der Waals surface area contributed by atoms with Crippen molar-refractivity contribution in [3.05, 3.63) is 36.3 Å². The molecule has 2 N–H and O–H groups in total. The number of hydrogen-bond donors (Lipinski definition) is 2. The van der Waals surface area contributed by atoms with Crippen LogP contribution in [0.1, 0.15) is 25.0 Å². The zero-order valence-corrected chi connectivity index (χ0v) is 11.5. The summed E-state index contributed by atoms with van der Waals surface area (Å²) in [6.07, 6.45) is 8.01. The first-order valence-electron chi connectivity index (χ1n) is 7.26. The Morgan fingerprint density at radius 3 is 3.20 bits per heavy atom. The summed E-state index contributed by atoms with van der Waals surface area (Å²) in [5.74, 6) is 0.119. The van der Waals surface area contributed by atoms with Crippen molar-refractivity contribution < 1.29 is 4.79 Å². The van der Waals surface area contributed by atoms with E-state index in [2.05, 4.69) is 15.6 Å². The molecule has 0 saturated carbocycles. The normalized spacial score (nSPS) is 19.1. The van der Waals surface area contributed by atoms with Gasteiger partial charge < -0.3 is 15.0 Å². The van der Waals surface area contributed by atoms with E-state index < -0.39 is 0 Å². The Bertz CT molecular complexity index is 553. The molecule has 1 saturated heterocycles. The maximum absolute atomic E-state index is 12.0. The Hall–Kier alpha value is -1.88. The maximum Gasteiger partial charge on any atom is 0.237 e. The van der Waals surface area contributed by atoms with E-state index in [1.807, 2.05) is 35.0 Å². The average Bonchev–Trinajstić information content (AvgIpc) is 2.90. The number of aromatic nitrogens is 2. The number of hydrogen-bond acceptors (Lipinski definition) is 3. The summed E-state index contributed by atoms with van der Waals surface area (Å²) in [5, 5.41) is 6.25. The zero-order valence-electron chi connectivity index (χ0n) is 11.5. The van der Waals surface area contributed by atoms with Gasteiger partial charge in [-0.05, 0) is 31.5 Å². The number of carbonyl (C=O) groups is 1. The van der Waals surface area contributed by atoms with Gasteiger partial charge >= 0.3 is 0 Å². The fourth-order valence-electron chi connectivity index (χ4n) is 2.62. The fraction of sp³-hybridized carbons (Fsp3) is 0.467. The van der Waals surface area contributed by atoms with Gasteiger partial charge in [0.1, 0.15) is 5.65 Å². The van der Waals surface area contributed by atoms with E-state index >= 15 is 0 Å². The lowest BCUT2D eigenvalue weighted by Gasteiger charge is -2.22. The van der Waals surface area contributed by atoms with Crippen LogP contribution in [0.5, 0.6) is 0 Å². The van der Waals surface area contributed by atoms with Gasteiger partial charge in [0.2, 0.25) is 5.91 Å². The Morgan fingerprint density at radius 2 is 2.40 bits per heavy atom. The molecule has 0 radical (unpaired) electrons. The van der Waals surface area contributed by atoms with E-state index in [-0.39, 0.29) is 11.9 Å². The van der Waals surface area contributed by atoms with E-state index in [1.165, 1.54) is 6.42 Å².